The maximum Gasteiger partial charge on any atom is -0.0386 e. The third-order valence-electron chi connectivity index (χ3n) is 3.47. The minimum absolute atomic E-state index is 0. The normalized spacial score (nSPS) is 34.0. The Balaban J connectivity index is 0.000000605. The Morgan fingerprint density at radius 2 is 0.750 bits per heavy atom. The summed E-state index contributed by atoms with van der Waals surface area (Å²) in [6, 6.07) is 0. The SMILES string of the molecule is C.C.C1CCC2CCCCC2C1. The highest BCUT2D eigenvalue weighted by Crippen LogP contribution is 2.39. The van der Waals surface area contributed by atoms with Crippen molar-refractivity contribution in [3.63, 3.8) is 0 Å². The highest BCUT2D eigenvalue weighted by molar-refractivity contribution is 4.78. The van der Waals surface area contributed by atoms with Crippen molar-refractivity contribution < 1.29 is 0 Å². The van der Waals surface area contributed by atoms with Gasteiger partial charge in [-0.1, -0.05) is 66.2 Å². The van der Waals surface area contributed by atoms with Crippen LogP contribution >= 0.6 is 0 Å². The van der Waals surface area contributed by atoms with Gasteiger partial charge in [-0.05, 0) is 11.8 Å². The van der Waals surface area contributed by atoms with Crippen LogP contribution in [0.2, 0.25) is 0 Å². The van der Waals surface area contributed by atoms with E-state index in [-0.39, 0.29) is 14.9 Å². The van der Waals surface area contributed by atoms with Gasteiger partial charge in [-0.15, -0.1) is 0 Å². The van der Waals surface area contributed by atoms with E-state index in [1.165, 1.54) is 25.7 Å². The lowest BCUT2D eigenvalue weighted by Gasteiger charge is -2.35. The second-order valence-electron chi connectivity index (χ2n) is 4.09. The van der Waals surface area contributed by atoms with Crippen LogP contribution in [0, 0.1) is 11.8 Å². The van der Waals surface area contributed by atoms with E-state index < -0.39 is 0 Å². The van der Waals surface area contributed by atoms with E-state index in [1.807, 2.05) is 0 Å². The molecule has 0 unspecified atom stereocenters. The fourth-order valence-electron chi connectivity index (χ4n) is 2.86. The molecule has 12 heavy (non-hydrogen) atoms. The quantitative estimate of drug-likeness (QED) is 0.497. The van der Waals surface area contributed by atoms with Crippen molar-refractivity contribution in [2.75, 3.05) is 0 Å². The van der Waals surface area contributed by atoms with Crippen molar-refractivity contribution >= 4 is 0 Å². The highest BCUT2D eigenvalue weighted by atomic mass is 14.3. The Morgan fingerprint density at radius 1 is 0.500 bits per heavy atom. The van der Waals surface area contributed by atoms with Gasteiger partial charge in [0, 0.05) is 0 Å². The molecule has 0 aromatic heterocycles. The lowest BCUT2D eigenvalue weighted by molar-refractivity contribution is 0.171. The van der Waals surface area contributed by atoms with Gasteiger partial charge in [0.2, 0.25) is 0 Å². The van der Waals surface area contributed by atoms with E-state index in [4.69, 9.17) is 0 Å². The summed E-state index contributed by atoms with van der Waals surface area (Å²) in [6.45, 7) is 0. The van der Waals surface area contributed by atoms with E-state index in [1.54, 1.807) is 25.7 Å². The lowest BCUT2D eigenvalue weighted by Crippen LogP contribution is -2.22. The summed E-state index contributed by atoms with van der Waals surface area (Å²) in [5.41, 5.74) is 0. The van der Waals surface area contributed by atoms with Gasteiger partial charge in [-0.2, -0.15) is 0 Å². The van der Waals surface area contributed by atoms with E-state index in [2.05, 4.69) is 0 Å². The average Bonchev–Trinajstić information content (AvgIpc) is 2.05. The number of hydrogen-bond donors (Lipinski definition) is 0. The summed E-state index contributed by atoms with van der Waals surface area (Å²) in [5, 5.41) is 0. The largest absolute Gasteiger partial charge is 0.0776 e. The van der Waals surface area contributed by atoms with Crippen LogP contribution in [0.3, 0.4) is 0 Å². The molecule has 0 spiro atoms. The Hall–Kier alpha value is 0. The van der Waals surface area contributed by atoms with Crippen molar-refractivity contribution in [1.82, 2.24) is 0 Å². The van der Waals surface area contributed by atoms with Crippen LogP contribution < -0.4 is 0 Å². The molecule has 0 atom stereocenters. The van der Waals surface area contributed by atoms with E-state index in [9.17, 15) is 0 Å². The molecule has 0 N–H and O–H groups in total. The zero-order valence-electron chi connectivity index (χ0n) is 6.81. The van der Waals surface area contributed by atoms with E-state index in [0.717, 1.165) is 11.8 Å². The fourth-order valence-corrected chi connectivity index (χ4v) is 2.86. The first-order chi connectivity index (χ1) is 4.97. The molecule has 0 bridgehead atoms. The average molecular weight is 170 g/mol. The van der Waals surface area contributed by atoms with Crippen LogP contribution in [-0.2, 0) is 0 Å². The summed E-state index contributed by atoms with van der Waals surface area (Å²) in [7, 11) is 0. The van der Waals surface area contributed by atoms with Crippen molar-refractivity contribution in [3.8, 4) is 0 Å². The molecule has 0 amide bonds. The zero-order valence-corrected chi connectivity index (χ0v) is 6.81. The van der Waals surface area contributed by atoms with Crippen molar-refractivity contribution in [3.05, 3.63) is 0 Å². The van der Waals surface area contributed by atoms with Crippen LogP contribution in [-0.4, -0.2) is 0 Å². The first kappa shape index (κ1) is 12.0. The minimum atomic E-state index is 0. The first-order valence-corrected chi connectivity index (χ1v) is 4.97. The van der Waals surface area contributed by atoms with Crippen LogP contribution in [0.15, 0.2) is 0 Å². The molecule has 2 rings (SSSR count). The standard InChI is InChI=1S/C10H18.2CH4/c1-2-6-10-8-4-3-7-9(10)5-1;;/h9-10H,1-8H2;2*1H4. The summed E-state index contributed by atoms with van der Waals surface area (Å²) < 4.78 is 0. The molecule has 0 saturated heterocycles. The predicted molar refractivity (Wildman–Crippen MR) is 57.4 cm³/mol. The third-order valence-corrected chi connectivity index (χ3v) is 3.47. The second kappa shape index (κ2) is 5.61. The number of hydrogen-bond acceptors (Lipinski definition) is 0. The summed E-state index contributed by atoms with van der Waals surface area (Å²) in [4.78, 5) is 0. The highest BCUT2D eigenvalue weighted by Gasteiger charge is 2.26. The topological polar surface area (TPSA) is 0 Å². The third kappa shape index (κ3) is 2.50. The Kier molecular flexibility index (Phi) is 5.61. The number of fused-ring (bicyclic) bond motifs is 1. The predicted octanol–water partition coefficient (Wildman–Crippen LogP) is 4.64. The molecular formula is C12H26. The molecule has 0 aromatic carbocycles. The molecule has 2 aliphatic carbocycles. The minimum Gasteiger partial charge on any atom is -0.0776 e. The van der Waals surface area contributed by atoms with Crippen LogP contribution in [0.4, 0.5) is 0 Å². The van der Waals surface area contributed by atoms with E-state index >= 15 is 0 Å². The molecule has 74 valence electrons. The summed E-state index contributed by atoms with van der Waals surface area (Å²) >= 11 is 0. The van der Waals surface area contributed by atoms with Gasteiger partial charge in [0.05, 0.1) is 0 Å². The van der Waals surface area contributed by atoms with Gasteiger partial charge in [0.1, 0.15) is 0 Å². The molecule has 0 radical (unpaired) electrons. The molecule has 2 saturated carbocycles. The van der Waals surface area contributed by atoms with Crippen LogP contribution in [0.25, 0.3) is 0 Å². The molecule has 0 aliphatic heterocycles. The van der Waals surface area contributed by atoms with Crippen molar-refractivity contribution in [2.24, 2.45) is 11.8 Å². The summed E-state index contributed by atoms with van der Waals surface area (Å²) in [6.07, 6.45) is 12.4. The smallest absolute Gasteiger partial charge is 0.0386 e. The van der Waals surface area contributed by atoms with Gasteiger partial charge < -0.3 is 0 Å². The Morgan fingerprint density at radius 3 is 1.00 bits per heavy atom. The van der Waals surface area contributed by atoms with Gasteiger partial charge in [0.15, 0.2) is 0 Å². The first-order valence-electron chi connectivity index (χ1n) is 4.97. The van der Waals surface area contributed by atoms with Crippen LogP contribution in [0.1, 0.15) is 66.2 Å². The van der Waals surface area contributed by atoms with Crippen molar-refractivity contribution in [1.29, 1.82) is 0 Å². The van der Waals surface area contributed by atoms with E-state index in [0.29, 0.717) is 0 Å². The monoisotopic (exact) mass is 170 g/mol. The molecule has 2 fully saturated rings. The molecule has 2 aliphatic rings. The lowest BCUT2D eigenvalue weighted by atomic mass is 9.71. The van der Waals surface area contributed by atoms with Crippen LogP contribution in [0.5, 0.6) is 0 Å². The Labute approximate surface area is 78.8 Å². The molecule has 0 aromatic rings. The molecule has 0 nitrogen and oxygen atoms in total. The van der Waals surface area contributed by atoms with Gasteiger partial charge in [0.25, 0.3) is 0 Å². The Bertz CT molecular complexity index is 80.6. The van der Waals surface area contributed by atoms with Gasteiger partial charge in [-0.25, -0.2) is 0 Å². The van der Waals surface area contributed by atoms with Gasteiger partial charge >= 0.3 is 0 Å². The fraction of sp³-hybridized carbons (Fsp3) is 1.00. The summed E-state index contributed by atoms with van der Waals surface area (Å²) in [5.74, 6) is 2.31. The van der Waals surface area contributed by atoms with Crippen molar-refractivity contribution in [2.45, 2.75) is 66.2 Å². The molecule has 0 heterocycles. The maximum absolute atomic E-state index is 1.56. The second-order valence-corrected chi connectivity index (χ2v) is 4.09. The molecule has 0 heteroatoms. The van der Waals surface area contributed by atoms with Gasteiger partial charge in [-0.3, -0.25) is 0 Å². The number of rotatable bonds is 0. The molecular weight excluding hydrogens is 144 g/mol. The zero-order chi connectivity index (χ0) is 6.81. The maximum atomic E-state index is 1.56.